The van der Waals surface area contributed by atoms with Crippen molar-refractivity contribution >= 4 is 34.2 Å². The number of carbonyl (C=O) groups excluding carboxylic acids is 2. The maximum Gasteiger partial charge on any atom is 0.311 e. The van der Waals surface area contributed by atoms with Crippen molar-refractivity contribution in [3.05, 3.63) is 64.4 Å². The topological polar surface area (TPSA) is 121 Å². The summed E-state index contributed by atoms with van der Waals surface area (Å²) in [4.78, 5) is 34.9. The number of carbonyl (C=O) groups is 2. The number of para-hydroxylation sites is 2. The van der Waals surface area contributed by atoms with E-state index < -0.39 is 22.9 Å². The molecule has 29 heavy (non-hydrogen) atoms. The molecule has 0 bridgehead atoms. The third-order valence-corrected chi connectivity index (χ3v) is 4.23. The van der Waals surface area contributed by atoms with Crippen LogP contribution in [0.2, 0.25) is 0 Å². The van der Waals surface area contributed by atoms with E-state index in [4.69, 9.17) is 13.9 Å². The second-order valence-corrected chi connectivity index (χ2v) is 6.20. The molecular weight excluding hydrogens is 380 g/mol. The Bertz CT molecular complexity index is 1070. The van der Waals surface area contributed by atoms with Gasteiger partial charge in [0.05, 0.1) is 24.7 Å². The van der Waals surface area contributed by atoms with Gasteiger partial charge >= 0.3 is 5.97 Å². The number of esters is 1. The molecule has 0 aliphatic rings. The van der Waals surface area contributed by atoms with Crippen LogP contribution < -0.4 is 10.1 Å². The minimum absolute atomic E-state index is 0.0279. The summed E-state index contributed by atoms with van der Waals surface area (Å²) in [5, 5.41) is 14.2. The van der Waals surface area contributed by atoms with Crippen LogP contribution in [0.4, 0.5) is 11.4 Å². The van der Waals surface area contributed by atoms with Gasteiger partial charge < -0.3 is 19.2 Å². The minimum atomic E-state index is -1.14. The van der Waals surface area contributed by atoms with Crippen LogP contribution in [0, 0.1) is 10.1 Å². The smallest absolute Gasteiger partial charge is 0.311 e. The van der Waals surface area contributed by atoms with E-state index in [1.54, 1.807) is 31.4 Å². The Balaban J connectivity index is 1.63. The zero-order valence-corrected chi connectivity index (χ0v) is 15.7. The van der Waals surface area contributed by atoms with Gasteiger partial charge in [0.15, 0.2) is 6.10 Å². The second-order valence-electron chi connectivity index (χ2n) is 6.20. The van der Waals surface area contributed by atoms with Gasteiger partial charge in [-0.15, -0.1) is 0 Å². The van der Waals surface area contributed by atoms with Gasteiger partial charge in [-0.05, 0) is 25.1 Å². The second kappa shape index (κ2) is 8.42. The predicted octanol–water partition coefficient (Wildman–Crippen LogP) is 3.46. The summed E-state index contributed by atoms with van der Waals surface area (Å²) in [5.74, 6) is -0.676. The lowest BCUT2D eigenvalue weighted by Crippen LogP contribution is -2.30. The molecule has 0 fully saturated rings. The number of methoxy groups -OCH3 is 1. The number of rotatable bonds is 7. The third-order valence-electron chi connectivity index (χ3n) is 4.23. The molecule has 0 radical (unpaired) electrons. The highest BCUT2D eigenvalue weighted by atomic mass is 16.6. The monoisotopic (exact) mass is 398 g/mol. The molecule has 2 aromatic carbocycles. The summed E-state index contributed by atoms with van der Waals surface area (Å²) in [6.07, 6.45) is 0.215. The summed E-state index contributed by atoms with van der Waals surface area (Å²) in [6.45, 7) is 1.39. The first-order valence-corrected chi connectivity index (χ1v) is 8.67. The largest absolute Gasteiger partial charge is 0.497 e. The van der Waals surface area contributed by atoms with Crippen molar-refractivity contribution in [2.24, 2.45) is 0 Å². The molecule has 1 amide bonds. The fourth-order valence-corrected chi connectivity index (χ4v) is 2.75. The van der Waals surface area contributed by atoms with Crippen LogP contribution in [-0.4, -0.2) is 30.0 Å². The van der Waals surface area contributed by atoms with E-state index in [0.717, 1.165) is 5.39 Å². The van der Waals surface area contributed by atoms with E-state index in [1.165, 1.54) is 31.4 Å². The number of fused-ring (bicyclic) bond motifs is 1. The Labute approximate surface area is 165 Å². The molecule has 0 aliphatic carbocycles. The molecule has 3 rings (SSSR count). The number of anilines is 1. The van der Waals surface area contributed by atoms with E-state index in [2.05, 4.69) is 5.32 Å². The van der Waals surface area contributed by atoms with E-state index >= 15 is 0 Å². The maximum atomic E-state index is 12.3. The Morgan fingerprint density at radius 3 is 2.72 bits per heavy atom. The first kappa shape index (κ1) is 19.9. The van der Waals surface area contributed by atoms with Crippen LogP contribution in [0.25, 0.3) is 11.0 Å². The number of nitro benzene ring substituents is 1. The van der Waals surface area contributed by atoms with Gasteiger partial charge in [-0.1, -0.05) is 12.1 Å². The fraction of sp³-hybridized carbons (Fsp3) is 0.200. The van der Waals surface area contributed by atoms with E-state index in [9.17, 15) is 19.7 Å². The number of hydrogen-bond acceptors (Lipinski definition) is 7. The first-order chi connectivity index (χ1) is 13.9. The Hall–Kier alpha value is -3.88. The van der Waals surface area contributed by atoms with Crippen molar-refractivity contribution in [1.82, 2.24) is 0 Å². The summed E-state index contributed by atoms with van der Waals surface area (Å²) >= 11 is 0. The number of nitrogens with one attached hydrogen (secondary N) is 1. The van der Waals surface area contributed by atoms with Gasteiger partial charge in [-0.25, -0.2) is 0 Å². The van der Waals surface area contributed by atoms with Crippen molar-refractivity contribution < 1.29 is 28.4 Å². The number of hydrogen-bond donors (Lipinski definition) is 1. The summed E-state index contributed by atoms with van der Waals surface area (Å²) < 4.78 is 15.7. The summed E-state index contributed by atoms with van der Waals surface area (Å²) in [5.41, 5.74) is 0.952. The van der Waals surface area contributed by atoms with Gasteiger partial charge in [-0.2, -0.15) is 0 Å². The average Bonchev–Trinajstić information content (AvgIpc) is 3.09. The number of furan rings is 1. The van der Waals surface area contributed by atoms with Crippen LogP contribution in [0.1, 0.15) is 12.5 Å². The molecule has 1 atom stereocenters. The fourth-order valence-electron chi connectivity index (χ4n) is 2.75. The molecule has 1 aromatic heterocycles. The molecule has 0 spiro atoms. The minimum Gasteiger partial charge on any atom is -0.497 e. The predicted molar refractivity (Wildman–Crippen MR) is 104 cm³/mol. The Kier molecular flexibility index (Phi) is 5.77. The highest BCUT2D eigenvalue weighted by Crippen LogP contribution is 2.26. The van der Waals surface area contributed by atoms with Gasteiger partial charge in [0.1, 0.15) is 17.0 Å². The molecule has 0 saturated heterocycles. The summed E-state index contributed by atoms with van der Waals surface area (Å²) in [7, 11) is 1.54. The molecular formula is C20H18N2O7. The molecule has 9 heteroatoms. The Morgan fingerprint density at radius 2 is 2.00 bits per heavy atom. The van der Waals surface area contributed by atoms with Gasteiger partial charge in [-0.3, -0.25) is 19.7 Å². The lowest BCUT2D eigenvalue weighted by atomic mass is 10.1. The van der Waals surface area contributed by atoms with Gasteiger partial charge in [0.2, 0.25) is 0 Å². The van der Waals surface area contributed by atoms with E-state index in [0.29, 0.717) is 16.9 Å². The number of amides is 1. The van der Waals surface area contributed by atoms with Gasteiger partial charge in [0, 0.05) is 23.1 Å². The molecule has 9 nitrogen and oxygen atoms in total. The molecule has 0 saturated carbocycles. The van der Waals surface area contributed by atoms with E-state index in [1.807, 2.05) is 0 Å². The van der Waals surface area contributed by atoms with Crippen molar-refractivity contribution in [3.63, 3.8) is 0 Å². The van der Waals surface area contributed by atoms with Crippen LogP contribution in [0.5, 0.6) is 5.75 Å². The lowest BCUT2D eigenvalue weighted by Gasteiger charge is -2.13. The zero-order chi connectivity index (χ0) is 21.0. The van der Waals surface area contributed by atoms with Crippen LogP contribution in [0.3, 0.4) is 0 Å². The third kappa shape index (κ3) is 4.52. The Morgan fingerprint density at radius 1 is 1.24 bits per heavy atom. The molecule has 3 aromatic rings. The molecule has 150 valence electrons. The number of benzene rings is 2. The number of nitro groups is 1. The molecule has 0 aliphatic heterocycles. The highest BCUT2D eigenvalue weighted by molar-refractivity contribution is 5.97. The molecule has 1 N–H and O–H groups in total. The van der Waals surface area contributed by atoms with E-state index in [-0.39, 0.29) is 17.8 Å². The number of ether oxygens (including phenoxy) is 2. The van der Waals surface area contributed by atoms with Crippen molar-refractivity contribution in [2.75, 3.05) is 12.4 Å². The lowest BCUT2D eigenvalue weighted by molar-refractivity contribution is -0.383. The molecule has 1 unspecified atom stereocenters. The van der Waals surface area contributed by atoms with Crippen LogP contribution in [-0.2, 0) is 20.7 Å². The molecule has 1 heterocycles. The van der Waals surface area contributed by atoms with Crippen molar-refractivity contribution in [3.8, 4) is 5.75 Å². The summed E-state index contributed by atoms with van der Waals surface area (Å²) in [6, 6.07) is 10.9. The average molecular weight is 398 g/mol. The number of nitrogens with zero attached hydrogens (tertiary/aromatic N) is 1. The normalized spacial score (nSPS) is 11.7. The van der Waals surface area contributed by atoms with Gasteiger partial charge in [0.25, 0.3) is 11.6 Å². The van der Waals surface area contributed by atoms with Crippen molar-refractivity contribution in [2.45, 2.75) is 19.4 Å². The van der Waals surface area contributed by atoms with Crippen molar-refractivity contribution in [1.29, 1.82) is 0 Å². The maximum absolute atomic E-state index is 12.3. The highest BCUT2D eigenvalue weighted by Gasteiger charge is 2.22. The zero-order valence-electron chi connectivity index (χ0n) is 15.7. The van der Waals surface area contributed by atoms with Crippen LogP contribution in [0.15, 0.2) is 53.1 Å². The SMILES string of the molecule is COc1ccc2c(CC(=O)OC(C)C(=O)Nc3ccccc3[N+](=O)[O-])coc2c1. The first-order valence-electron chi connectivity index (χ1n) is 8.67. The quantitative estimate of drug-likeness (QED) is 0.367. The standard InChI is InChI=1S/C20H18N2O7/c1-12(20(24)21-16-5-3-4-6-17(16)22(25)26)29-19(23)9-13-11-28-18-10-14(27-2)7-8-15(13)18/h3-8,10-12H,9H2,1-2H3,(H,21,24). The van der Waals surface area contributed by atoms with Crippen LogP contribution >= 0.6 is 0 Å².